The first-order valence-electron chi connectivity index (χ1n) is 0. The molecule has 0 saturated carbocycles. The SMILES string of the molecule is O.O.O.[InH3].[InH3].[InH3]. The van der Waals surface area contributed by atoms with Gasteiger partial charge >= 0.3 is 77.5 Å². The third kappa shape index (κ3) is 31.5. The molecule has 0 unspecified atom stereocenters. The van der Waals surface area contributed by atoms with Crippen LogP contribution in [0.4, 0.5) is 0 Å². The van der Waals surface area contributed by atoms with Crippen molar-refractivity contribution in [2.24, 2.45) is 0 Å². The molecule has 0 aliphatic heterocycles. The molecule has 0 saturated heterocycles. The molecular formula is H15In3O3. The van der Waals surface area contributed by atoms with Gasteiger partial charge in [-0.15, -0.1) is 0 Å². The number of rotatable bonds is 0. The van der Waals surface area contributed by atoms with Crippen molar-refractivity contribution in [1.82, 2.24) is 0 Å². The maximum atomic E-state index is 0. The second-order valence-corrected chi connectivity index (χ2v) is 0. The quantitative estimate of drug-likeness (QED) is 0.382. The first kappa shape index (κ1) is 76.8. The van der Waals surface area contributed by atoms with E-state index in [1.54, 1.807) is 0 Å². The van der Waals surface area contributed by atoms with E-state index in [4.69, 9.17) is 0 Å². The average molecular weight is 408 g/mol. The molecule has 3 nitrogen and oxygen atoms in total. The van der Waals surface area contributed by atoms with Gasteiger partial charge in [-0.25, -0.2) is 0 Å². The predicted molar refractivity (Wildman–Crippen MR) is 40.7 cm³/mol. The second-order valence-electron chi connectivity index (χ2n) is 0. The molecule has 42 valence electrons. The first-order valence-corrected chi connectivity index (χ1v) is 0. The van der Waals surface area contributed by atoms with Gasteiger partial charge < -0.3 is 16.4 Å². The van der Waals surface area contributed by atoms with Crippen LogP contribution in [0.2, 0.25) is 0 Å². The van der Waals surface area contributed by atoms with Crippen LogP contribution in [-0.4, -0.2) is 94.0 Å². The van der Waals surface area contributed by atoms with Crippen molar-refractivity contribution >= 4 is 77.5 Å². The fourth-order valence-electron chi connectivity index (χ4n) is 0. The Morgan fingerprint density at radius 2 is 0.333 bits per heavy atom. The van der Waals surface area contributed by atoms with Crippen LogP contribution in [0, 0.1) is 0 Å². The summed E-state index contributed by atoms with van der Waals surface area (Å²) in [7, 11) is 0. The Balaban J connectivity index is 0. The Morgan fingerprint density at radius 3 is 0.333 bits per heavy atom. The van der Waals surface area contributed by atoms with Gasteiger partial charge in [-0.3, -0.25) is 0 Å². The van der Waals surface area contributed by atoms with E-state index in [0.29, 0.717) is 0 Å². The summed E-state index contributed by atoms with van der Waals surface area (Å²) in [5, 5.41) is 0. The van der Waals surface area contributed by atoms with E-state index in [1.807, 2.05) is 0 Å². The van der Waals surface area contributed by atoms with Gasteiger partial charge in [0.15, 0.2) is 0 Å². The summed E-state index contributed by atoms with van der Waals surface area (Å²) in [5.41, 5.74) is 0. The molecule has 0 aliphatic rings. The van der Waals surface area contributed by atoms with E-state index in [1.165, 1.54) is 0 Å². The molecule has 0 heterocycles. The molecule has 0 radical (unpaired) electrons. The molecule has 0 fully saturated rings. The molecule has 6 N–H and O–H groups in total. The van der Waals surface area contributed by atoms with Crippen molar-refractivity contribution in [2.75, 3.05) is 0 Å². The van der Waals surface area contributed by atoms with Crippen LogP contribution in [-0.2, 0) is 0 Å². The molecule has 0 bridgehead atoms. The van der Waals surface area contributed by atoms with Gasteiger partial charge in [-0.05, 0) is 0 Å². The zero-order chi connectivity index (χ0) is 0. The van der Waals surface area contributed by atoms with Gasteiger partial charge in [0.25, 0.3) is 0 Å². The maximum absolute atomic E-state index is 0. The molecular weight excluding hydrogens is 392 g/mol. The minimum absolute atomic E-state index is 0. The monoisotopic (exact) mass is 408 g/mol. The second kappa shape index (κ2) is 50.9. The molecule has 0 aromatic heterocycles. The van der Waals surface area contributed by atoms with Gasteiger partial charge in [-0.2, -0.15) is 0 Å². The summed E-state index contributed by atoms with van der Waals surface area (Å²) in [6.45, 7) is 0. The number of hydrogen-bond acceptors (Lipinski definition) is 0. The van der Waals surface area contributed by atoms with Crippen LogP contribution in [0.15, 0.2) is 0 Å². The van der Waals surface area contributed by atoms with Crippen molar-refractivity contribution in [3.05, 3.63) is 0 Å². The van der Waals surface area contributed by atoms with Gasteiger partial charge in [0.2, 0.25) is 0 Å². The van der Waals surface area contributed by atoms with Crippen LogP contribution in [0.1, 0.15) is 0 Å². The third-order valence-corrected chi connectivity index (χ3v) is 0. The summed E-state index contributed by atoms with van der Waals surface area (Å²) in [6, 6.07) is 0. The Hall–Kier alpha value is 2.49. The van der Waals surface area contributed by atoms with Crippen molar-refractivity contribution in [2.45, 2.75) is 0 Å². The zero-order valence-electron chi connectivity index (χ0n) is 1.50. The van der Waals surface area contributed by atoms with Gasteiger partial charge in [0.1, 0.15) is 0 Å². The van der Waals surface area contributed by atoms with Crippen LogP contribution in [0.25, 0.3) is 0 Å². The Kier molecular flexibility index (Phi) is 651. The van der Waals surface area contributed by atoms with E-state index >= 15 is 0 Å². The Morgan fingerprint density at radius 1 is 0.333 bits per heavy atom. The summed E-state index contributed by atoms with van der Waals surface area (Å²) < 4.78 is 0. The molecule has 0 rings (SSSR count). The third-order valence-electron chi connectivity index (χ3n) is 0. The molecule has 0 aliphatic carbocycles. The summed E-state index contributed by atoms with van der Waals surface area (Å²) in [5.74, 6) is 0. The van der Waals surface area contributed by atoms with Crippen molar-refractivity contribution < 1.29 is 16.4 Å². The molecule has 0 atom stereocenters. The van der Waals surface area contributed by atoms with Crippen molar-refractivity contribution in [3.8, 4) is 0 Å². The van der Waals surface area contributed by atoms with Crippen LogP contribution >= 0.6 is 0 Å². The molecule has 6 heteroatoms. The molecule has 6 heavy (non-hydrogen) atoms. The van der Waals surface area contributed by atoms with Crippen LogP contribution < -0.4 is 0 Å². The summed E-state index contributed by atoms with van der Waals surface area (Å²) in [6.07, 6.45) is 0. The first-order chi connectivity index (χ1) is 0. The van der Waals surface area contributed by atoms with E-state index in [-0.39, 0.29) is 94.0 Å². The Labute approximate surface area is 92.5 Å². The molecule has 0 spiro atoms. The van der Waals surface area contributed by atoms with Gasteiger partial charge in [0.05, 0.1) is 0 Å². The normalized spacial score (nSPS) is 0. The fraction of sp³-hybridized carbons (Fsp3) is 0. The number of hydrogen-bond donors (Lipinski definition) is 0. The fourth-order valence-corrected chi connectivity index (χ4v) is 0. The minimum atomic E-state index is 0. The van der Waals surface area contributed by atoms with Crippen LogP contribution in [0.3, 0.4) is 0 Å². The summed E-state index contributed by atoms with van der Waals surface area (Å²) >= 11 is 0. The van der Waals surface area contributed by atoms with Gasteiger partial charge in [-0.1, -0.05) is 0 Å². The van der Waals surface area contributed by atoms with Crippen molar-refractivity contribution in [1.29, 1.82) is 0 Å². The van der Waals surface area contributed by atoms with Crippen LogP contribution in [0.5, 0.6) is 0 Å². The van der Waals surface area contributed by atoms with E-state index in [9.17, 15) is 0 Å². The average Bonchev–Trinajstić information content (AvgIpc) is 0. The van der Waals surface area contributed by atoms with E-state index in [0.717, 1.165) is 0 Å². The van der Waals surface area contributed by atoms with E-state index in [2.05, 4.69) is 0 Å². The topological polar surface area (TPSA) is 94.5 Å². The summed E-state index contributed by atoms with van der Waals surface area (Å²) in [4.78, 5) is 0. The van der Waals surface area contributed by atoms with Gasteiger partial charge in [0, 0.05) is 0 Å². The molecule has 0 aromatic carbocycles. The zero-order valence-corrected chi connectivity index (χ0v) is 1.50. The Bertz CT molecular complexity index is 6.00. The molecule has 0 amide bonds. The molecule has 0 aromatic rings. The standard InChI is InChI=1S/3In.3H2O.9H/h;;;3*1H2;;;;;;;;;. The predicted octanol–water partition coefficient (Wildman–Crippen LogP) is -6.03. The van der Waals surface area contributed by atoms with Crippen molar-refractivity contribution in [3.63, 3.8) is 0 Å². The van der Waals surface area contributed by atoms with E-state index < -0.39 is 0 Å².